The molecular weight excluding hydrogens is 464 g/mol. The molecule has 1 atom stereocenters. The standard InChI is InChI=1S/C31H38N2O4/c1-4-5-17-37-26-13-12-25-15-16-33(22-31(34)32-21-23-9-7-6-8-10-23)28(27(25)20-26)18-24-11-14-29(35-2)30(19-24)36-3/h6-14,19-20,28H,4-5,15-18,21-22H2,1-3H3,(H,32,34). The van der Waals surface area contributed by atoms with Gasteiger partial charge in [0.15, 0.2) is 11.5 Å². The van der Waals surface area contributed by atoms with Gasteiger partial charge in [-0.2, -0.15) is 0 Å². The van der Waals surface area contributed by atoms with Gasteiger partial charge in [-0.1, -0.05) is 55.8 Å². The third kappa shape index (κ3) is 7.04. The molecular formula is C31H38N2O4. The van der Waals surface area contributed by atoms with Gasteiger partial charge < -0.3 is 19.5 Å². The smallest absolute Gasteiger partial charge is 0.234 e. The molecule has 1 unspecified atom stereocenters. The summed E-state index contributed by atoms with van der Waals surface area (Å²) in [6.45, 7) is 4.56. The number of carbonyl (C=O) groups is 1. The maximum absolute atomic E-state index is 13.0. The van der Waals surface area contributed by atoms with E-state index < -0.39 is 0 Å². The van der Waals surface area contributed by atoms with Crippen LogP contribution >= 0.6 is 0 Å². The number of nitrogens with zero attached hydrogens (tertiary/aromatic N) is 1. The van der Waals surface area contributed by atoms with Gasteiger partial charge in [0.05, 0.1) is 27.4 Å². The summed E-state index contributed by atoms with van der Waals surface area (Å²) in [5.74, 6) is 2.33. The highest BCUT2D eigenvalue weighted by Crippen LogP contribution is 2.36. The van der Waals surface area contributed by atoms with Crippen LogP contribution in [0.3, 0.4) is 0 Å². The molecule has 1 aliphatic heterocycles. The Kier molecular flexibility index (Phi) is 9.44. The number of benzene rings is 3. The van der Waals surface area contributed by atoms with Crippen molar-refractivity contribution in [2.45, 2.75) is 45.2 Å². The van der Waals surface area contributed by atoms with Gasteiger partial charge in [0.25, 0.3) is 0 Å². The van der Waals surface area contributed by atoms with Gasteiger partial charge >= 0.3 is 0 Å². The second-order valence-electron chi connectivity index (χ2n) is 9.45. The largest absolute Gasteiger partial charge is 0.494 e. The number of rotatable bonds is 12. The first-order valence-electron chi connectivity index (χ1n) is 13.1. The molecule has 3 aromatic rings. The van der Waals surface area contributed by atoms with Gasteiger partial charge in [-0.25, -0.2) is 0 Å². The average molecular weight is 503 g/mol. The Morgan fingerprint density at radius 1 is 0.973 bits per heavy atom. The van der Waals surface area contributed by atoms with Crippen molar-refractivity contribution in [3.05, 3.63) is 89.0 Å². The van der Waals surface area contributed by atoms with Gasteiger partial charge in [0, 0.05) is 19.1 Å². The summed E-state index contributed by atoms with van der Waals surface area (Å²) >= 11 is 0. The van der Waals surface area contributed by atoms with E-state index in [1.54, 1.807) is 14.2 Å². The van der Waals surface area contributed by atoms with Crippen LogP contribution in [0.4, 0.5) is 0 Å². The predicted octanol–water partition coefficient (Wildman–Crippen LogP) is 5.34. The number of unbranched alkanes of at least 4 members (excludes halogenated alkanes) is 1. The number of nitrogens with one attached hydrogen (secondary N) is 1. The summed E-state index contributed by atoms with van der Waals surface area (Å²) in [6, 6.07) is 22.5. The lowest BCUT2D eigenvalue weighted by atomic mass is 9.88. The van der Waals surface area contributed by atoms with E-state index in [4.69, 9.17) is 14.2 Å². The van der Waals surface area contributed by atoms with E-state index >= 15 is 0 Å². The molecule has 0 aromatic heterocycles. The predicted molar refractivity (Wildman–Crippen MR) is 146 cm³/mol. The Morgan fingerprint density at radius 3 is 2.54 bits per heavy atom. The van der Waals surface area contributed by atoms with Crippen molar-refractivity contribution in [2.75, 3.05) is 33.9 Å². The van der Waals surface area contributed by atoms with Crippen LogP contribution in [0, 0.1) is 0 Å². The van der Waals surface area contributed by atoms with Crippen molar-refractivity contribution >= 4 is 5.91 Å². The minimum atomic E-state index is 0.0277. The maximum atomic E-state index is 13.0. The van der Waals surface area contributed by atoms with E-state index in [0.29, 0.717) is 31.2 Å². The highest BCUT2D eigenvalue weighted by molar-refractivity contribution is 5.78. The second kappa shape index (κ2) is 13.2. The van der Waals surface area contributed by atoms with E-state index in [9.17, 15) is 4.79 Å². The molecule has 0 spiro atoms. The lowest BCUT2D eigenvalue weighted by Gasteiger charge is -2.37. The summed E-state index contributed by atoms with van der Waals surface area (Å²) in [5.41, 5.74) is 4.76. The normalized spacial score (nSPS) is 15.1. The minimum absolute atomic E-state index is 0.0277. The molecule has 6 nitrogen and oxygen atoms in total. The highest BCUT2D eigenvalue weighted by Gasteiger charge is 2.29. The number of ether oxygens (including phenoxy) is 3. The Labute approximate surface area is 220 Å². The molecule has 1 heterocycles. The van der Waals surface area contributed by atoms with Gasteiger partial charge in [0.1, 0.15) is 5.75 Å². The number of carbonyl (C=O) groups excluding carboxylic acids is 1. The molecule has 37 heavy (non-hydrogen) atoms. The maximum Gasteiger partial charge on any atom is 0.234 e. The van der Waals surface area contributed by atoms with E-state index in [1.165, 1.54) is 11.1 Å². The van der Waals surface area contributed by atoms with E-state index in [0.717, 1.165) is 49.1 Å². The number of amides is 1. The monoisotopic (exact) mass is 502 g/mol. The summed E-state index contributed by atoms with van der Waals surface area (Å²) in [5, 5.41) is 3.09. The Bertz CT molecular complexity index is 1170. The number of methoxy groups -OCH3 is 2. The van der Waals surface area contributed by atoms with E-state index in [-0.39, 0.29) is 11.9 Å². The van der Waals surface area contributed by atoms with Gasteiger partial charge in [-0.05, 0) is 65.8 Å². The van der Waals surface area contributed by atoms with Crippen molar-refractivity contribution in [1.29, 1.82) is 0 Å². The third-order valence-electron chi connectivity index (χ3n) is 6.91. The zero-order valence-corrected chi connectivity index (χ0v) is 22.2. The van der Waals surface area contributed by atoms with Crippen molar-refractivity contribution in [1.82, 2.24) is 10.2 Å². The van der Waals surface area contributed by atoms with Crippen molar-refractivity contribution in [3.8, 4) is 17.2 Å². The molecule has 6 heteroatoms. The first-order chi connectivity index (χ1) is 18.1. The molecule has 1 amide bonds. The van der Waals surface area contributed by atoms with Crippen LogP contribution in [0.15, 0.2) is 66.7 Å². The molecule has 196 valence electrons. The molecule has 0 radical (unpaired) electrons. The number of fused-ring (bicyclic) bond motifs is 1. The fourth-order valence-electron chi connectivity index (χ4n) is 4.85. The Morgan fingerprint density at radius 2 is 1.78 bits per heavy atom. The highest BCUT2D eigenvalue weighted by atomic mass is 16.5. The van der Waals surface area contributed by atoms with Crippen molar-refractivity contribution in [3.63, 3.8) is 0 Å². The van der Waals surface area contributed by atoms with E-state index in [2.05, 4.69) is 41.4 Å². The average Bonchev–Trinajstić information content (AvgIpc) is 2.93. The summed E-state index contributed by atoms with van der Waals surface area (Å²) in [7, 11) is 3.30. The van der Waals surface area contributed by atoms with Gasteiger partial charge in [-0.3, -0.25) is 9.69 Å². The SMILES string of the molecule is CCCCOc1ccc2c(c1)C(Cc1ccc(OC)c(OC)c1)N(CC(=O)NCc1ccccc1)CC2. The van der Waals surface area contributed by atoms with Crippen molar-refractivity contribution < 1.29 is 19.0 Å². The Balaban J connectivity index is 1.56. The lowest BCUT2D eigenvalue weighted by molar-refractivity contribution is -0.123. The van der Waals surface area contributed by atoms with Crippen molar-refractivity contribution in [2.24, 2.45) is 0 Å². The van der Waals surface area contributed by atoms with Crippen LogP contribution in [0.25, 0.3) is 0 Å². The molecule has 0 saturated carbocycles. The quantitative estimate of drug-likeness (QED) is 0.339. The molecule has 1 N–H and O–H groups in total. The zero-order valence-electron chi connectivity index (χ0n) is 22.2. The first-order valence-corrected chi connectivity index (χ1v) is 13.1. The first kappa shape index (κ1) is 26.6. The van der Waals surface area contributed by atoms with Crippen LogP contribution in [0.1, 0.15) is 48.1 Å². The van der Waals surface area contributed by atoms with Crippen LogP contribution in [-0.2, 0) is 24.2 Å². The van der Waals surface area contributed by atoms with Crippen LogP contribution in [-0.4, -0.2) is 44.7 Å². The molecule has 0 fully saturated rings. The molecule has 0 saturated heterocycles. The topological polar surface area (TPSA) is 60.0 Å². The van der Waals surface area contributed by atoms with Gasteiger partial charge in [0.2, 0.25) is 5.91 Å². The summed E-state index contributed by atoms with van der Waals surface area (Å²) in [4.78, 5) is 15.3. The van der Waals surface area contributed by atoms with Crippen LogP contribution in [0.2, 0.25) is 0 Å². The fraction of sp³-hybridized carbons (Fsp3) is 0.387. The molecule has 3 aromatic carbocycles. The number of hydrogen-bond acceptors (Lipinski definition) is 5. The fourth-order valence-corrected chi connectivity index (χ4v) is 4.85. The van der Waals surface area contributed by atoms with E-state index in [1.807, 2.05) is 42.5 Å². The molecule has 1 aliphatic rings. The molecule has 0 bridgehead atoms. The molecule has 0 aliphatic carbocycles. The van der Waals surface area contributed by atoms with Gasteiger partial charge in [-0.15, -0.1) is 0 Å². The second-order valence-corrected chi connectivity index (χ2v) is 9.45. The van der Waals surface area contributed by atoms with Crippen LogP contribution in [0.5, 0.6) is 17.2 Å². The minimum Gasteiger partial charge on any atom is -0.494 e. The summed E-state index contributed by atoms with van der Waals surface area (Å²) < 4.78 is 17.0. The summed E-state index contributed by atoms with van der Waals surface area (Å²) in [6.07, 6.45) is 3.77. The third-order valence-corrected chi connectivity index (χ3v) is 6.91. The molecule has 4 rings (SSSR count). The Hall–Kier alpha value is -3.51. The zero-order chi connectivity index (χ0) is 26.0. The number of hydrogen-bond donors (Lipinski definition) is 1. The van der Waals surface area contributed by atoms with Crippen LogP contribution < -0.4 is 19.5 Å². The lowest BCUT2D eigenvalue weighted by Crippen LogP contribution is -2.43.